The van der Waals surface area contributed by atoms with Crippen molar-refractivity contribution in [3.05, 3.63) is 82.2 Å². The molecule has 1 aliphatic carbocycles. The van der Waals surface area contributed by atoms with Crippen molar-refractivity contribution in [1.82, 2.24) is 30.4 Å². The number of nitrogens with two attached hydrogens (primary N) is 2. The van der Waals surface area contributed by atoms with Crippen molar-refractivity contribution in [2.45, 2.75) is 43.6 Å². The monoisotopic (exact) mass is 539 g/mol. The molecular weight excluding hydrogens is 506 g/mol. The van der Waals surface area contributed by atoms with Crippen LogP contribution in [0, 0.1) is 11.3 Å². The van der Waals surface area contributed by atoms with Crippen LogP contribution >= 0.6 is 0 Å². The number of carbonyl (C=O) groups excluding carboxylic acids is 2. The predicted molar refractivity (Wildman–Crippen MR) is 149 cm³/mol. The Morgan fingerprint density at radius 2 is 1.82 bits per heavy atom. The molecule has 1 unspecified atom stereocenters. The van der Waals surface area contributed by atoms with E-state index < -0.39 is 11.3 Å². The van der Waals surface area contributed by atoms with E-state index in [2.05, 4.69) is 39.4 Å². The van der Waals surface area contributed by atoms with Gasteiger partial charge in [-0.15, -0.1) is 10.2 Å². The number of tetrazole rings is 1. The van der Waals surface area contributed by atoms with Gasteiger partial charge in [-0.2, -0.15) is 10.1 Å². The maximum Gasteiger partial charge on any atom is 0.248 e. The van der Waals surface area contributed by atoms with E-state index in [-0.39, 0.29) is 18.5 Å². The SMILES string of the molecule is C=C(N)c1ccc2c(c1)CCc1cc(C(N)=O)ccc1C2(CCNCC(=O)N1CCC[C@H]1C#N)c1nnn(C)n1. The molecule has 2 atom stereocenters. The van der Waals surface area contributed by atoms with Crippen molar-refractivity contribution >= 4 is 17.5 Å². The molecule has 5 rings (SSSR count). The lowest BCUT2D eigenvalue weighted by Crippen LogP contribution is -2.42. The van der Waals surface area contributed by atoms with Gasteiger partial charge in [-0.05, 0) is 89.9 Å². The number of fused-ring (bicyclic) bond motifs is 2. The van der Waals surface area contributed by atoms with Crippen LogP contribution in [0.3, 0.4) is 0 Å². The minimum Gasteiger partial charge on any atom is -0.399 e. The maximum atomic E-state index is 12.9. The van der Waals surface area contributed by atoms with Crippen LogP contribution in [0.2, 0.25) is 0 Å². The molecule has 2 amide bonds. The first-order valence-corrected chi connectivity index (χ1v) is 13.4. The average Bonchev–Trinajstić information content (AvgIpc) is 3.58. The van der Waals surface area contributed by atoms with Gasteiger partial charge < -0.3 is 21.7 Å². The molecule has 206 valence electrons. The van der Waals surface area contributed by atoms with E-state index in [1.54, 1.807) is 18.0 Å². The second-order valence-corrected chi connectivity index (χ2v) is 10.4. The summed E-state index contributed by atoms with van der Waals surface area (Å²) < 4.78 is 0. The zero-order chi connectivity index (χ0) is 28.4. The molecule has 5 N–H and O–H groups in total. The lowest BCUT2D eigenvalue weighted by atomic mass is 9.69. The number of nitriles is 1. The summed E-state index contributed by atoms with van der Waals surface area (Å²) in [4.78, 5) is 28.0. The van der Waals surface area contributed by atoms with Gasteiger partial charge in [0.15, 0.2) is 5.82 Å². The van der Waals surface area contributed by atoms with Gasteiger partial charge in [0.05, 0.1) is 25.1 Å². The molecule has 1 aromatic heterocycles. The molecule has 0 radical (unpaired) electrons. The summed E-state index contributed by atoms with van der Waals surface area (Å²) in [5, 5.41) is 26.0. The summed E-state index contributed by atoms with van der Waals surface area (Å²) in [5.41, 5.74) is 16.6. The molecule has 2 heterocycles. The largest absolute Gasteiger partial charge is 0.399 e. The zero-order valence-electron chi connectivity index (χ0n) is 22.6. The number of amides is 2. The van der Waals surface area contributed by atoms with Gasteiger partial charge in [0.2, 0.25) is 11.8 Å². The number of nitrogens with zero attached hydrogens (tertiary/aromatic N) is 6. The van der Waals surface area contributed by atoms with Gasteiger partial charge in [-0.25, -0.2) is 0 Å². The van der Waals surface area contributed by atoms with Crippen LogP contribution in [0.5, 0.6) is 0 Å². The van der Waals surface area contributed by atoms with Gasteiger partial charge in [0.25, 0.3) is 0 Å². The van der Waals surface area contributed by atoms with Gasteiger partial charge >= 0.3 is 0 Å². The van der Waals surface area contributed by atoms with Gasteiger partial charge in [-0.3, -0.25) is 9.59 Å². The normalized spacial score (nSPS) is 19.8. The molecule has 40 heavy (non-hydrogen) atoms. The molecule has 1 saturated heterocycles. The first-order chi connectivity index (χ1) is 19.2. The number of likely N-dealkylation sites (tertiary alicyclic amines) is 1. The third kappa shape index (κ3) is 4.82. The maximum absolute atomic E-state index is 12.9. The highest BCUT2D eigenvalue weighted by molar-refractivity contribution is 5.93. The minimum absolute atomic E-state index is 0.0883. The Morgan fingerprint density at radius 1 is 1.15 bits per heavy atom. The fraction of sp³-hybridized carbons (Fsp3) is 0.379. The summed E-state index contributed by atoms with van der Waals surface area (Å²) in [6.07, 6.45) is 3.42. The van der Waals surface area contributed by atoms with Crippen molar-refractivity contribution in [1.29, 1.82) is 5.26 Å². The van der Waals surface area contributed by atoms with Crippen LogP contribution < -0.4 is 16.8 Å². The number of hydrogen-bond donors (Lipinski definition) is 3. The molecule has 1 fully saturated rings. The van der Waals surface area contributed by atoms with Gasteiger partial charge in [0, 0.05) is 17.8 Å². The van der Waals surface area contributed by atoms with E-state index in [9.17, 15) is 14.9 Å². The number of nitrogens with one attached hydrogen (secondary N) is 1. The number of aryl methyl sites for hydroxylation is 3. The number of aromatic nitrogens is 4. The van der Waals surface area contributed by atoms with Gasteiger partial charge in [0.1, 0.15) is 6.04 Å². The van der Waals surface area contributed by atoms with Crippen LogP contribution in [0.25, 0.3) is 5.70 Å². The zero-order valence-corrected chi connectivity index (χ0v) is 22.6. The summed E-state index contributed by atoms with van der Waals surface area (Å²) in [5.74, 6) is -0.0652. The van der Waals surface area contributed by atoms with Crippen LogP contribution in [0.4, 0.5) is 0 Å². The van der Waals surface area contributed by atoms with Gasteiger partial charge in [-0.1, -0.05) is 24.8 Å². The lowest BCUT2D eigenvalue weighted by molar-refractivity contribution is -0.130. The smallest absolute Gasteiger partial charge is 0.248 e. The van der Waals surface area contributed by atoms with Crippen molar-refractivity contribution in [3.63, 3.8) is 0 Å². The Bertz CT molecular complexity index is 1450. The van der Waals surface area contributed by atoms with E-state index >= 15 is 0 Å². The molecule has 11 nitrogen and oxygen atoms in total. The number of primary amides is 1. The molecule has 0 saturated carbocycles. The Labute approximate surface area is 232 Å². The van der Waals surface area contributed by atoms with Crippen molar-refractivity contribution in [2.24, 2.45) is 18.5 Å². The number of rotatable bonds is 8. The summed E-state index contributed by atoms with van der Waals surface area (Å²) >= 11 is 0. The Hall–Kier alpha value is -4.56. The lowest BCUT2D eigenvalue weighted by Gasteiger charge is -2.34. The van der Waals surface area contributed by atoms with E-state index in [0.29, 0.717) is 55.9 Å². The fourth-order valence-electron chi connectivity index (χ4n) is 6.05. The highest BCUT2D eigenvalue weighted by atomic mass is 16.2. The number of carbonyl (C=O) groups is 2. The topological polar surface area (TPSA) is 169 Å². The Kier molecular flexibility index (Phi) is 7.36. The second kappa shape index (κ2) is 10.9. The van der Waals surface area contributed by atoms with E-state index in [1.165, 1.54) is 4.80 Å². The molecule has 1 aliphatic heterocycles. The third-order valence-electron chi connectivity index (χ3n) is 8.01. The summed E-state index contributed by atoms with van der Waals surface area (Å²) in [6.45, 7) is 5.09. The molecule has 2 aromatic carbocycles. The highest BCUT2D eigenvalue weighted by Gasteiger charge is 2.44. The predicted octanol–water partition coefficient (Wildman–Crippen LogP) is 1.17. The molecule has 11 heteroatoms. The first kappa shape index (κ1) is 27.0. The molecule has 0 bridgehead atoms. The quantitative estimate of drug-likeness (QED) is 0.358. The molecule has 2 aliphatic rings. The highest BCUT2D eigenvalue weighted by Crippen LogP contribution is 2.46. The van der Waals surface area contributed by atoms with Crippen LogP contribution in [0.1, 0.15) is 63.3 Å². The number of benzene rings is 2. The van der Waals surface area contributed by atoms with Crippen molar-refractivity contribution < 1.29 is 9.59 Å². The van der Waals surface area contributed by atoms with E-state index in [1.807, 2.05) is 24.3 Å². The number of hydrogen-bond acceptors (Lipinski definition) is 8. The standard InChI is InChI=1S/C29H33N9O2/c1-18(31)19-7-9-24-20(14-19)5-6-21-15-22(27(32)40)8-10-25(21)29(24,28-34-36-37(2)35-28)11-12-33-17-26(39)38-13-3-4-23(38)16-30/h7-10,14-15,23,33H,1,3-6,11-13,17,31H2,2H3,(H2,32,40)/t23-,29?/m0/s1. The minimum atomic E-state index is -0.834. The Morgan fingerprint density at radius 3 is 2.42 bits per heavy atom. The Balaban J connectivity index is 1.57. The first-order valence-electron chi connectivity index (χ1n) is 13.4. The molecule has 0 spiro atoms. The van der Waals surface area contributed by atoms with E-state index in [4.69, 9.17) is 11.5 Å². The van der Waals surface area contributed by atoms with Crippen molar-refractivity contribution in [3.8, 4) is 6.07 Å². The summed E-state index contributed by atoms with van der Waals surface area (Å²) in [6, 6.07) is 13.4. The average molecular weight is 540 g/mol. The molecular formula is C29H33N9O2. The van der Waals surface area contributed by atoms with Crippen LogP contribution in [-0.4, -0.2) is 62.6 Å². The fourth-order valence-corrected chi connectivity index (χ4v) is 6.05. The second-order valence-electron chi connectivity index (χ2n) is 10.4. The van der Waals surface area contributed by atoms with Crippen LogP contribution in [0.15, 0.2) is 43.0 Å². The third-order valence-corrected chi connectivity index (χ3v) is 8.01. The molecule has 3 aromatic rings. The van der Waals surface area contributed by atoms with Crippen molar-refractivity contribution in [2.75, 3.05) is 19.6 Å². The van der Waals surface area contributed by atoms with E-state index in [0.717, 1.165) is 34.2 Å². The summed E-state index contributed by atoms with van der Waals surface area (Å²) in [7, 11) is 1.72. The van der Waals surface area contributed by atoms with Crippen LogP contribution in [-0.2, 0) is 30.1 Å².